The van der Waals surface area contributed by atoms with Crippen LogP contribution in [0.15, 0.2) is 24.3 Å². The molecule has 4 atom stereocenters. The van der Waals surface area contributed by atoms with E-state index in [0.717, 1.165) is 19.3 Å². The number of alkyl halides is 2. The van der Waals surface area contributed by atoms with Crippen molar-refractivity contribution in [1.82, 2.24) is 5.32 Å². The molecule has 1 aromatic rings. The first-order chi connectivity index (χ1) is 11.1. The minimum Gasteiger partial charge on any atom is -0.488 e. The highest BCUT2D eigenvalue weighted by Crippen LogP contribution is 2.48. The summed E-state index contributed by atoms with van der Waals surface area (Å²) >= 11 is 0. The van der Waals surface area contributed by atoms with Gasteiger partial charge in [-0.3, -0.25) is 4.79 Å². The van der Waals surface area contributed by atoms with E-state index in [1.54, 1.807) is 12.1 Å². The summed E-state index contributed by atoms with van der Waals surface area (Å²) in [5.74, 6) is 1.23. The van der Waals surface area contributed by atoms with Crippen LogP contribution >= 0.6 is 0 Å². The summed E-state index contributed by atoms with van der Waals surface area (Å²) in [6, 6.07) is 6.19. The summed E-state index contributed by atoms with van der Waals surface area (Å²) in [5.41, 5.74) is 0.467. The third-order valence-corrected chi connectivity index (χ3v) is 5.09. The lowest BCUT2D eigenvalue weighted by atomic mass is 9.85. The monoisotopic (exact) mass is 325 g/mol. The second kappa shape index (κ2) is 6.83. The quantitative estimate of drug-likeness (QED) is 0.845. The molecule has 126 valence electrons. The molecule has 4 nitrogen and oxygen atoms in total. The molecule has 0 aromatic heterocycles. The minimum absolute atomic E-state index is 0.0287. The summed E-state index contributed by atoms with van der Waals surface area (Å²) in [5, 5.41) is 12.6. The Hall–Kier alpha value is -1.69. The van der Waals surface area contributed by atoms with Crippen molar-refractivity contribution in [2.45, 2.75) is 31.7 Å². The largest absolute Gasteiger partial charge is 0.488 e. The van der Waals surface area contributed by atoms with Crippen molar-refractivity contribution in [3.8, 4) is 5.75 Å². The Kier molecular flexibility index (Phi) is 4.80. The summed E-state index contributed by atoms with van der Waals surface area (Å²) in [6.45, 7) is -0.554. The molecule has 0 spiro atoms. The van der Waals surface area contributed by atoms with Crippen LogP contribution in [-0.4, -0.2) is 36.7 Å². The van der Waals surface area contributed by atoms with Gasteiger partial charge in [-0.2, -0.15) is 0 Å². The number of aliphatic hydroxyl groups excluding tert-OH is 1. The van der Waals surface area contributed by atoms with Gasteiger partial charge in [-0.25, -0.2) is 8.78 Å². The normalized spacial score (nSPS) is 29.0. The van der Waals surface area contributed by atoms with Gasteiger partial charge in [-0.15, -0.1) is 0 Å². The number of carbonyl (C=O) groups excluding carboxylic acids is 1. The minimum atomic E-state index is -2.52. The SMILES string of the molecule is O=C(N[C@@H]1[C@H]2CC[C@H](C2)[C@@H]1CO)c1ccc(OCC(F)F)cc1. The number of rotatable bonds is 6. The number of halogens is 2. The van der Waals surface area contributed by atoms with Crippen LogP contribution in [0, 0.1) is 17.8 Å². The van der Waals surface area contributed by atoms with Crippen LogP contribution < -0.4 is 10.1 Å². The topological polar surface area (TPSA) is 58.6 Å². The van der Waals surface area contributed by atoms with Crippen molar-refractivity contribution in [2.75, 3.05) is 13.2 Å². The van der Waals surface area contributed by atoms with Crippen LogP contribution in [0.4, 0.5) is 8.78 Å². The molecule has 2 aliphatic rings. The van der Waals surface area contributed by atoms with Crippen LogP contribution in [0.5, 0.6) is 5.75 Å². The van der Waals surface area contributed by atoms with E-state index in [9.17, 15) is 18.7 Å². The van der Waals surface area contributed by atoms with Gasteiger partial charge in [-0.05, 0) is 55.4 Å². The Morgan fingerprint density at radius 3 is 2.61 bits per heavy atom. The molecule has 3 rings (SSSR count). The van der Waals surface area contributed by atoms with Gasteiger partial charge in [0.25, 0.3) is 12.3 Å². The van der Waals surface area contributed by atoms with E-state index in [1.165, 1.54) is 12.1 Å². The summed E-state index contributed by atoms with van der Waals surface area (Å²) in [4.78, 5) is 12.4. The van der Waals surface area contributed by atoms with Gasteiger partial charge in [0, 0.05) is 24.1 Å². The lowest BCUT2D eigenvalue weighted by Gasteiger charge is -2.30. The van der Waals surface area contributed by atoms with Crippen LogP contribution in [-0.2, 0) is 0 Å². The third-order valence-electron chi connectivity index (χ3n) is 5.09. The number of fused-ring (bicyclic) bond motifs is 2. The van der Waals surface area contributed by atoms with Crippen LogP contribution in [0.3, 0.4) is 0 Å². The molecule has 2 fully saturated rings. The molecule has 23 heavy (non-hydrogen) atoms. The van der Waals surface area contributed by atoms with Gasteiger partial charge in [0.05, 0.1) is 0 Å². The smallest absolute Gasteiger partial charge is 0.272 e. The lowest BCUT2D eigenvalue weighted by Crippen LogP contribution is -2.45. The Morgan fingerprint density at radius 1 is 1.26 bits per heavy atom. The zero-order valence-electron chi connectivity index (χ0n) is 12.8. The zero-order valence-corrected chi connectivity index (χ0v) is 12.8. The van der Waals surface area contributed by atoms with Gasteiger partial charge < -0.3 is 15.2 Å². The van der Waals surface area contributed by atoms with Crippen LogP contribution in [0.25, 0.3) is 0 Å². The number of carbonyl (C=O) groups is 1. The van der Waals surface area contributed by atoms with Crippen LogP contribution in [0.1, 0.15) is 29.6 Å². The Bertz CT molecular complexity index is 549. The molecule has 2 bridgehead atoms. The van der Waals surface area contributed by atoms with Crippen molar-refractivity contribution in [2.24, 2.45) is 17.8 Å². The molecular formula is C17H21F2NO3. The Balaban J connectivity index is 1.60. The summed E-state index contributed by atoms with van der Waals surface area (Å²) in [7, 11) is 0. The fourth-order valence-electron chi connectivity index (χ4n) is 3.99. The molecule has 1 aromatic carbocycles. The van der Waals surface area contributed by atoms with E-state index in [0.29, 0.717) is 23.1 Å². The lowest BCUT2D eigenvalue weighted by molar-refractivity contribution is 0.0816. The van der Waals surface area contributed by atoms with Crippen molar-refractivity contribution < 1.29 is 23.4 Å². The predicted octanol–water partition coefficient (Wildman–Crippen LogP) is 2.47. The summed E-state index contributed by atoms with van der Waals surface area (Å²) < 4.78 is 29.1. The molecule has 2 saturated carbocycles. The van der Waals surface area contributed by atoms with E-state index in [-0.39, 0.29) is 24.5 Å². The number of amides is 1. The van der Waals surface area contributed by atoms with Crippen LogP contribution in [0.2, 0.25) is 0 Å². The van der Waals surface area contributed by atoms with Gasteiger partial charge in [0.15, 0.2) is 0 Å². The fourth-order valence-corrected chi connectivity index (χ4v) is 3.99. The maximum absolute atomic E-state index is 12.4. The van der Waals surface area contributed by atoms with E-state index < -0.39 is 13.0 Å². The van der Waals surface area contributed by atoms with Crippen molar-refractivity contribution in [3.05, 3.63) is 29.8 Å². The van der Waals surface area contributed by atoms with Crippen molar-refractivity contribution in [1.29, 1.82) is 0 Å². The van der Waals surface area contributed by atoms with E-state index in [1.807, 2.05) is 0 Å². The van der Waals surface area contributed by atoms with Gasteiger partial charge in [-0.1, -0.05) is 0 Å². The first-order valence-corrected chi connectivity index (χ1v) is 8.01. The average Bonchev–Trinajstić information content (AvgIpc) is 3.14. The van der Waals surface area contributed by atoms with Gasteiger partial charge in [0.1, 0.15) is 12.4 Å². The first-order valence-electron chi connectivity index (χ1n) is 8.01. The van der Waals surface area contributed by atoms with Gasteiger partial charge >= 0.3 is 0 Å². The number of ether oxygens (including phenoxy) is 1. The second-order valence-corrected chi connectivity index (χ2v) is 6.41. The zero-order chi connectivity index (χ0) is 16.4. The number of hydrogen-bond donors (Lipinski definition) is 2. The molecule has 1 amide bonds. The fraction of sp³-hybridized carbons (Fsp3) is 0.588. The Labute approximate surface area is 133 Å². The maximum Gasteiger partial charge on any atom is 0.272 e. The Morgan fingerprint density at radius 2 is 1.96 bits per heavy atom. The molecule has 6 heteroatoms. The standard InChI is InChI=1S/C17H21F2NO3/c18-15(19)9-23-13-5-3-10(4-6-13)17(22)20-16-12-2-1-11(7-12)14(16)8-21/h3-6,11-12,14-16,21H,1-2,7-9H2,(H,20,22)/t11-,12+,14+,16-/m1/s1. The number of aliphatic hydroxyl groups is 1. The molecule has 0 heterocycles. The molecule has 0 radical (unpaired) electrons. The highest BCUT2D eigenvalue weighted by atomic mass is 19.3. The third kappa shape index (κ3) is 3.47. The summed E-state index contributed by atoms with van der Waals surface area (Å²) in [6.07, 6.45) is 0.799. The highest BCUT2D eigenvalue weighted by Gasteiger charge is 2.47. The molecule has 0 unspecified atom stereocenters. The first kappa shape index (κ1) is 16.2. The van der Waals surface area contributed by atoms with E-state index in [4.69, 9.17) is 4.74 Å². The molecule has 0 aliphatic heterocycles. The molecular weight excluding hydrogens is 304 g/mol. The van der Waals surface area contributed by atoms with E-state index in [2.05, 4.69) is 5.32 Å². The maximum atomic E-state index is 12.4. The average molecular weight is 325 g/mol. The predicted molar refractivity (Wildman–Crippen MR) is 80.6 cm³/mol. The van der Waals surface area contributed by atoms with Gasteiger partial charge in [0.2, 0.25) is 0 Å². The highest BCUT2D eigenvalue weighted by molar-refractivity contribution is 5.94. The van der Waals surface area contributed by atoms with Crippen molar-refractivity contribution in [3.63, 3.8) is 0 Å². The number of nitrogens with one attached hydrogen (secondary N) is 1. The second-order valence-electron chi connectivity index (χ2n) is 6.41. The van der Waals surface area contributed by atoms with Crippen molar-refractivity contribution >= 4 is 5.91 Å². The molecule has 0 saturated heterocycles. The number of hydrogen-bond acceptors (Lipinski definition) is 3. The molecule has 2 N–H and O–H groups in total. The number of benzene rings is 1. The molecule has 2 aliphatic carbocycles. The van der Waals surface area contributed by atoms with E-state index >= 15 is 0 Å².